The van der Waals surface area contributed by atoms with E-state index in [1.54, 1.807) is 24.5 Å². The zero-order valence-corrected chi connectivity index (χ0v) is 14.0. The average molecular weight is 347 g/mol. The van der Waals surface area contributed by atoms with Crippen molar-refractivity contribution in [2.24, 2.45) is 5.73 Å². The van der Waals surface area contributed by atoms with Crippen molar-refractivity contribution in [1.82, 2.24) is 15.0 Å². The second-order valence-corrected chi connectivity index (χ2v) is 5.95. The number of aromatic nitrogens is 3. The Morgan fingerprint density at radius 1 is 1.08 bits per heavy atom. The molecule has 2 heterocycles. The van der Waals surface area contributed by atoms with Gasteiger partial charge < -0.3 is 16.0 Å². The van der Waals surface area contributed by atoms with Gasteiger partial charge in [0.1, 0.15) is 11.6 Å². The Morgan fingerprint density at radius 3 is 2.81 bits per heavy atom. The summed E-state index contributed by atoms with van der Waals surface area (Å²) in [5.74, 6) is 0.433. The molecule has 0 amide bonds. The van der Waals surface area contributed by atoms with E-state index in [-0.39, 0.29) is 5.82 Å². The minimum atomic E-state index is -0.244. The number of nitrogens with one attached hydrogen (secondary N) is 2. The van der Waals surface area contributed by atoms with Crippen LogP contribution in [0.4, 0.5) is 10.2 Å². The highest BCUT2D eigenvalue weighted by molar-refractivity contribution is 5.97. The van der Waals surface area contributed by atoms with E-state index in [9.17, 15) is 4.39 Å². The van der Waals surface area contributed by atoms with Crippen molar-refractivity contribution in [1.29, 1.82) is 0 Å². The Bertz CT molecular complexity index is 1060. The van der Waals surface area contributed by atoms with Crippen LogP contribution in [0, 0.1) is 5.82 Å². The summed E-state index contributed by atoms with van der Waals surface area (Å²) in [6.45, 7) is 1.15. The zero-order chi connectivity index (χ0) is 17.9. The van der Waals surface area contributed by atoms with E-state index in [1.165, 1.54) is 6.07 Å². The molecule has 0 spiro atoms. The average Bonchev–Trinajstić information content (AvgIpc) is 3.10. The molecule has 5 nitrogen and oxygen atoms in total. The fourth-order valence-electron chi connectivity index (χ4n) is 2.97. The molecule has 4 aromatic rings. The van der Waals surface area contributed by atoms with Crippen molar-refractivity contribution in [3.05, 3.63) is 66.9 Å². The first kappa shape index (κ1) is 16.2. The largest absolute Gasteiger partial charge is 0.368 e. The van der Waals surface area contributed by atoms with E-state index in [0.717, 1.165) is 27.7 Å². The Kier molecular flexibility index (Phi) is 4.33. The third-order valence-corrected chi connectivity index (χ3v) is 4.23. The van der Waals surface area contributed by atoms with Gasteiger partial charge in [-0.15, -0.1) is 0 Å². The highest BCUT2D eigenvalue weighted by atomic mass is 19.1. The molecule has 2 aromatic heterocycles. The van der Waals surface area contributed by atoms with E-state index in [4.69, 9.17) is 5.73 Å². The molecule has 26 heavy (non-hydrogen) atoms. The van der Waals surface area contributed by atoms with Crippen LogP contribution in [0.1, 0.15) is 0 Å². The maximum atomic E-state index is 14.2. The second kappa shape index (κ2) is 6.93. The summed E-state index contributed by atoms with van der Waals surface area (Å²) in [5.41, 5.74) is 9.51. The van der Waals surface area contributed by atoms with Gasteiger partial charge in [0, 0.05) is 46.9 Å². The zero-order valence-electron chi connectivity index (χ0n) is 14.0. The van der Waals surface area contributed by atoms with E-state index < -0.39 is 0 Å². The molecule has 6 heteroatoms. The second-order valence-electron chi connectivity index (χ2n) is 5.95. The molecule has 0 aliphatic carbocycles. The van der Waals surface area contributed by atoms with Crippen molar-refractivity contribution >= 4 is 16.7 Å². The van der Waals surface area contributed by atoms with Crippen LogP contribution < -0.4 is 11.1 Å². The third-order valence-electron chi connectivity index (χ3n) is 4.23. The lowest BCUT2D eigenvalue weighted by Gasteiger charge is -2.07. The number of hydrogen-bond donors (Lipinski definition) is 3. The number of anilines is 1. The van der Waals surface area contributed by atoms with Crippen LogP contribution >= 0.6 is 0 Å². The standard InChI is InChI=1S/C20H18FN5/c21-17-4-2-1-3-14(17)16-10-25-18-6-5-13(9-15(16)18)19-11-23-12-20(26-19)24-8-7-22/h1-6,9-12,25H,7-8,22H2,(H,24,26). The minimum Gasteiger partial charge on any atom is -0.368 e. The van der Waals surface area contributed by atoms with Gasteiger partial charge >= 0.3 is 0 Å². The number of aromatic amines is 1. The molecule has 0 radical (unpaired) electrons. The van der Waals surface area contributed by atoms with Crippen LogP contribution in [0.15, 0.2) is 61.1 Å². The fraction of sp³-hybridized carbons (Fsp3) is 0.100. The number of fused-ring (bicyclic) bond motifs is 1. The van der Waals surface area contributed by atoms with Gasteiger partial charge in [-0.25, -0.2) is 9.37 Å². The van der Waals surface area contributed by atoms with Crippen molar-refractivity contribution in [3.8, 4) is 22.4 Å². The summed E-state index contributed by atoms with van der Waals surface area (Å²) >= 11 is 0. The molecule has 0 unspecified atom stereocenters. The number of nitrogens with two attached hydrogens (primary N) is 1. The summed E-state index contributed by atoms with van der Waals surface area (Å²) in [5, 5.41) is 4.07. The molecule has 0 bridgehead atoms. The molecule has 0 saturated heterocycles. The van der Waals surface area contributed by atoms with E-state index in [2.05, 4.69) is 20.3 Å². The molecule has 0 aliphatic heterocycles. The monoisotopic (exact) mass is 347 g/mol. The van der Waals surface area contributed by atoms with Crippen molar-refractivity contribution in [2.45, 2.75) is 0 Å². The Labute approximate surface area is 150 Å². The molecular weight excluding hydrogens is 329 g/mol. The maximum absolute atomic E-state index is 14.2. The molecule has 2 aromatic carbocycles. The summed E-state index contributed by atoms with van der Waals surface area (Å²) < 4.78 is 14.2. The van der Waals surface area contributed by atoms with Gasteiger partial charge in [0.25, 0.3) is 0 Å². The van der Waals surface area contributed by atoms with Gasteiger partial charge in [-0.1, -0.05) is 24.3 Å². The summed E-state index contributed by atoms with van der Waals surface area (Å²) in [4.78, 5) is 12.0. The molecule has 0 saturated carbocycles. The predicted octanol–water partition coefficient (Wildman–Crippen LogP) is 3.80. The van der Waals surface area contributed by atoms with Gasteiger partial charge in [-0.2, -0.15) is 0 Å². The Balaban J connectivity index is 1.79. The first-order valence-electron chi connectivity index (χ1n) is 8.38. The predicted molar refractivity (Wildman–Crippen MR) is 102 cm³/mol. The van der Waals surface area contributed by atoms with Crippen molar-refractivity contribution in [2.75, 3.05) is 18.4 Å². The van der Waals surface area contributed by atoms with Gasteiger partial charge in [0.05, 0.1) is 18.1 Å². The number of H-pyrrole nitrogens is 1. The smallest absolute Gasteiger partial charge is 0.145 e. The molecule has 0 aliphatic rings. The first-order chi connectivity index (χ1) is 12.8. The molecular formula is C20H18FN5. The van der Waals surface area contributed by atoms with E-state index in [0.29, 0.717) is 24.5 Å². The number of halogens is 1. The summed E-state index contributed by atoms with van der Waals surface area (Å²) in [6.07, 6.45) is 5.21. The van der Waals surface area contributed by atoms with Gasteiger partial charge in [-0.05, 0) is 18.2 Å². The summed E-state index contributed by atoms with van der Waals surface area (Å²) in [7, 11) is 0. The topological polar surface area (TPSA) is 79.6 Å². The molecule has 4 N–H and O–H groups in total. The SMILES string of the molecule is NCCNc1cncc(-c2ccc3[nH]cc(-c4ccccc4F)c3c2)n1. The highest BCUT2D eigenvalue weighted by Crippen LogP contribution is 2.33. The molecule has 0 atom stereocenters. The third kappa shape index (κ3) is 3.02. The van der Waals surface area contributed by atoms with Gasteiger partial charge in [0.2, 0.25) is 0 Å². The fourth-order valence-corrected chi connectivity index (χ4v) is 2.97. The normalized spacial score (nSPS) is 11.0. The van der Waals surface area contributed by atoms with Crippen molar-refractivity contribution in [3.63, 3.8) is 0 Å². The molecule has 130 valence electrons. The van der Waals surface area contributed by atoms with Gasteiger partial charge in [-0.3, -0.25) is 4.98 Å². The summed E-state index contributed by atoms with van der Waals surface area (Å²) in [6, 6.07) is 12.7. The lowest BCUT2D eigenvalue weighted by Crippen LogP contribution is -2.14. The van der Waals surface area contributed by atoms with Gasteiger partial charge in [0.15, 0.2) is 0 Å². The van der Waals surface area contributed by atoms with Crippen LogP contribution in [-0.2, 0) is 0 Å². The first-order valence-corrected chi connectivity index (χ1v) is 8.38. The van der Waals surface area contributed by atoms with Crippen molar-refractivity contribution < 1.29 is 4.39 Å². The van der Waals surface area contributed by atoms with Crippen LogP contribution in [0.5, 0.6) is 0 Å². The Hall–Kier alpha value is -3.25. The molecule has 4 rings (SSSR count). The van der Waals surface area contributed by atoms with E-state index in [1.807, 2.05) is 30.5 Å². The Morgan fingerprint density at radius 2 is 1.96 bits per heavy atom. The number of hydrogen-bond acceptors (Lipinski definition) is 4. The number of nitrogens with zero attached hydrogens (tertiary/aromatic N) is 2. The number of rotatable bonds is 5. The highest BCUT2D eigenvalue weighted by Gasteiger charge is 2.12. The maximum Gasteiger partial charge on any atom is 0.145 e. The minimum absolute atomic E-state index is 0.244. The van der Waals surface area contributed by atoms with Crippen LogP contribution in [0.25, 0.3) is 33.3 Å². The quantitative estimate of drug-likeness (QED) is 0.513. The molecule has 0 fully saturated rings. The number of benzene rings is 2. The van der Waals surface area contributed by atoms with E-state index >= 15 is 0 Å². The lowest BCUT2D eigenvalue weighted by molar-refractivity contribution is 0.631. The van der Waals surface area contributed by atoms with Crippen LogP contribution in [0.2, 0.25) is 0 Å². The van der Waals surface area contributed by atoms with Crippen LogP contribution in [0.3, 0.4) is 0 Å². The lowest BCUT2D eigenvalue weighted by atomic mass is 10.0. The van der Waals surface area contributed by atoms with Crippen LogP contribution in [-0.4, -0.2) is 28.0 Å².